The summed E-state index contributed by atoms with van der Waals surface area (Å²) < 4.78 is 2.41. The normalized spacial score (nSPS) is 17.8. The summed E-state index contributed by atoms with van der Waals surface area (Å²) in [7, 11) is 0. The minimum absolute atomic E-state index is 0.0490. The molecule has 2 aliphatic carbocycles. The van der Waals surface area contributed by atoms with Crippen LogP contribution in [-0.2, 0) is 5.41 Å². The highest BCUT2D eigenvalue weighted by molar-refractivity contribution is 6.10. The monoisotopic (exact) mass is 678 g/mol. The molecule has 0 N–H and O–H groups in total. The molecule has 1 aliphatic heterocycles. The molecule has 2 nitrogen and oxygen atoms in total. The van der Waals surface area contributed by atoms with Gasteiger partial charge >= 0.3 is 0 Å². The van der Waals surface area contributed by atoms with E-state index >= 15 is 0 Å². The quantitative estimate of drug-likeness (QED) is 0.180. The van der Waals surface area contributed by atoms with E-state index in [9.17, 15) is 0 Å². The maximum absolute atomic E-state index is 2.59. The van der Waals surface area contributed by atoms with Crippen molar-refractivity contribution in [1.29, 1.82) is 0 Å². The first-order valence-electron chi connectivity index (χ1n) is 18.8. The molecular weight excluding hydrogens is 641 g/mol. The Balaban J connectivity index is 1.01. The van der Waals surface area contributed by atoms with E-state index in [1.165, 1.54) is 88.9 Å². The van der Waals surface area contributed by atoms with Crippen LogP contribution in [0, 0.1) is 0 Å². The Labute approximate surface area is 310 Å². The van der Waals surface area contributed by atoms with Crippen molar-refractivity contribution in [1.82, 2.24) is 4.57 Å². The number of allylic oxidation sites excluding steroid dienone is 2. The molecule has 53 heavy (non-hydrogen) atoms. The van der Waals surface area contributed by atoms with Crippen LogP contribution in [0.25, 0.3) is 55.3 Å². The largest absolute Gasteiger partial charge is 0.333 e. The SMILES string of the molecule is CC1(C)c2ccccc2-c2ccc(N3c4ccccc4C4C=CC(c5ccc6c(c5)c5ccccc5n6-c5ccc(-c6ccccc6)cc5)=CC43)cc21. The van der Waals surface area contributed by atoms with Crippen LogP contribution in [0.4, 0.5) is 11.4 Å². The van der Waals surface area contributed by atoms with E-state index in [2.05, 4.69) is 205 Å². The van der Waals surface area contributed by atoms with E-state index in [0.29, 0.717) is 0 Å². The number of benzene rings is 7. The van der Waals surface area contributed by atoms with Crippen molar-refractivity contribution in [3.8, 4) is 27.9 Å². The fourth-order valence-electron chi connectivity index (χ4n) is 9.55. The highest BCUT2D eigenvalue weighted by Gasteiger charge is 2.40. The summed E-state index contributed by atoms with van der Waals surface area (Å²) in [5.74, 6) is 0.290. The highest BCUT2D eigenvalue weighted by Crippen LogP contribution is 2.53. The van der Waals surface area contributed by atoms with Gasteiger partial charge in [0, 0.05) is 39.2 Å². The van der Waals surface area contributed by atoms with Crippen molar-refractivity contribution in [2.75, 3.05) is 4.90 Å². The van der Waals surface area contributed by atoms with Gasteiger partial charge in [-0.25, -0.2) is 0 Å². The predicted octanol–water partition coefficient (Wildman–Crippen LogP) is 13.0. The molecule has 2 heterocycles. The molecule has 2 unspecified atom stereocenters. The van der Waals surface area contributed by atoms with E-state index < -0.39 is 0 Å². The molecule has 8 aromatic rings. The van der Waals surface area contributed by atoms with Crippen molar-refractivity contribution in [3.05, 3.63) is 204 Å². The summed E-state index contributed by atoms with van der Waals surface area (Å²) >= 11 is 0. The molecule has 0 fully saturated rings. The Morgan fingerprint density at radius 3 is 2.08 bits per heavy atom. The first kappa shape index (κ1) is 30.3. The lowest BCUT2D eigenvalue weighted by molar-refractivity contribution is 0.659. The van der Waals surface area contributed by atoms with Crippen molar-refractivity contribution < 1.29 is 0 Å². The van der Waals surface area contributed by atoms with Gasteiger partial charge in [0.25, 0.3) is 0 Å². The van der Waals surface area contributed by atoms with Gasteiger partial charge in [-0.05, 0) is 98.6 Å². The number of anilines is 2. The molecule has 1 aromatic heterocycles. The van der Waals surface area contributed by atoms with Gasteiger partial charge in [0.2, 0.25) is 0 Å². The number of fused-ring (bicyclic) bond motifs is 9. The molecule has 0 saturated carbocycles. The molecule has 2 heteroatoms. The molecule has 7 aromatic carbocycles. The Morgan fingerprint density at radius 1 is 0.509 bits per heavy atom. The van der Waals surface area contributed by atoms with Crippen LogP contribution < -0.4 is 4.90 Å². The van der Waals surface area contributed by atoms with Crippen molar-refractivity contribution in [2.24, 2.45) is 0 Å². The number of hydrogen-bond acceptors (Lipinski definition) is 1. The molecule has 252 valence electrons. The standard InChI is InChI=1S/C51H38N2/c1-51(2)45-17-9-6-14-39(45)40-28-26-38(32-46(40)51)53-47-18-10-7-15-41(47)43-27-22-36(31-50(43)53)35-23-29-49-44(30-35)42-16-8-11-19-48(42)52(49)37-24-20-34(21-25-37)33-12-4-3-5-13-33/h3-32,43,50H,1-2H3. The molecular formula is C51H38N2. The molecule has 0 spiro atoms. The second kappa shape index (κ2) is 11.3. The Hall–Kier alpha value is -6.38. The van der Waals surface area contributed by atoms with Crippen LogP contribution in [0.2, 0.25) is 0 Å². The Morgan fingerprint density at radius 2 is 1.19 bits per heavy atom. The summed E-state index contributed by atoms with van der Waals surface area (Å²) in [6.45, 7) is 4.74. The molecule has 2 atom stereocenters. The number of nitrogens with zero attached hydrogens (tertiary/aromatic N) is 2. The zero-order chi connectivity index (χ0) is 35.3. The fraction of sp³-hybridized carbons (Fsp3) is 0.0980. The van der Waals surface area contributed by atoms with E-state index in [-0.39, 0.29) is 17.4 Å². The van der Waals surface area contributed by atoms with E-state index in [1.807, 2.05) is 0 Å². The molecule has 0 amide bonds. The topological polar surface area (TPSA) is 8.17 Å². The average Bonchev–Trinajstić information content (AvgIpc) is 3.81. The van der Waals surface area contributed by atoms with Gasteiger partial charge in [0.15, 0.2) is 0 Å². The van der Waals surface area contributed by atoms with Gasteiger partial charge in [-0.2, -0.15) is 0 Å². The van der Waals surface area contributed by atoms with Crippen LogP contribution in [0.5, 0.6) is 0 Å². The van der Waals surface area contributed by atoms with Crippen molar-refractivity contribution in [2.45, 2.75) is 31.2 Å². The minimum atomic E-state index is -0.0490. The van der Waals surface area contributed by atoms with Gasteiger partial charge < -0.3 is 9.47 Å². The minimum Gasteiger partial charge on any atom is -0.333 e. The Kier molecular flexibility index (Phi) is 6.46. The molecule has 0 saturated heterocycles. The summed E-state index contributed by atoms with van der Waals surface area (Å²) in [5, 5.41) is 2.54. The number of para-hydroxylation sites is 2. The predicted molar refractivity (Wildman–Crippen MR) is 222 cm³/mol. The summed E-state index contributed by atoms with van der Waals surface area (Å²) in [5.41, 5.74) is 18.0. The summed E-state index contributed by atoms with van der Waals surface area (Å²) in [4.78, 5) is 2.59. The second-order valence-corrected chi connectivity index (χ2v) is 15.3. The smallest absolute Gasteiger partial charge is 0.0635 e. The highest BCUT2D eigenvalue weighted by atomic mass is 15.2. The van der Waals surface area contributed by atoms with Crippen LogP contribution in [0.1, 0.15) is 42.0 Å². The van der Waals surface area contributed by atoms with Gasteiger partial charge in [0.1, 0.15) is 0 Å². The summed E-state index contributed by atoms with van der Waals surface area (Å²) in [6, 6.07) is 60.7. The van der Waals surface area contributed by atoms with E-state index in [4.69, 9.17) is 0 Å². The molecule has 11 rings (SSSR count). The first-order valence-corrected chi connectivity index (χ1v) is 18.8. The van der Waals surface area contributed by atoms with Crippen LogP contribution >= 0.6 is 0 Å². The van der Waals surface area contributed by atoms with Gasteiger partial charge in [0.05, 0.1) is 17.1 Å². The molecule has 3 aliphatic rings. The first-order chi connectivity index (χ1) is 26.0. The maximum Gasteiger partial charge on any atom is 0.0635 e. The van der Waals surface area contributed by atoms with E-state index in [0.717, 1.165) is 0 Å². The van der Waals surface area contributed by atoms with Crippen LogP contribution in [0.3, 0.4) is 0 Å². The van der Waals surface area contributed by atoms with E-state index in [1.54, 1.807) is 0 Å². The summed E-state index contributed by atoms with van der Waals surface area (Å²) in [6.07, 6.45) is 7.31. The third-order valence-electron chi connectivity index (χ3n) is 12.1. The fourth-order valence-corrected chi connectivity index (χ4v) is 9.55. The lowest BCUT2D eigenvalue weighted by atomic mass is 9.82. The zero-order valence-corrected chi connectivity index (χ0v) is 29.9. The number of aromatic nitrogens is 1. The third-order valence-corrected chi connectivity index (χ3v) is 12.1. The van der Waals surface area contributed by atoms with Crippen LogP contribution in [0.15, 0.2) is 182 Å². The van der Waals surface area contributed by atoms with Gasteiger partial charge in [-0.3, -0.25) is 0 Å². The van der Waals surface area contributed by atoms with Crippen LogP contribution in [-0.4, -0.2) is 10.6 Å². The van der Waals surface area contributed by atoms with Gasteiger partial charge in [-0.15, -0.1) is 0 Å². The lowest BCUT2D eigenvalue weighted by Gasteiger charge is -2.31. The maximum atomic E-state index is 2.59. The van der Waals surface area contributed by atoms with Crippen molar-refractivity contribution in [3.63, 3.8) is 0 Å². The number of hydrogen-bond donors (Lipinski definition) is 0. The second-order valence-electron chi connectivity index (χ2n) is 15.3. The zero-order valence-electron chi connectivity index (χ0n) is 29.9. The molecule has 0 radical (unpaired) electrons. The third kappa shape index (κ3) is 4.45. The van der Waals surface area contributed by atoms with Gasteiger partial charge in [-0.1, -0.05) is 147 Å². The Bertz CT molecular complexity index is 2810. The van der Waals surface area contributed by atoms with Crippen molar-refractivity contribution >= 4 is 38.8 Å². The average molecular weight is 679 g/mol. The lowest BCUT2D eigenvalue weighted by Crippen LogP contribution is -2.29. The number of rotatable bonds is 4. The molecule has 0 bridgehead atoms.